The first-order chi connectivity index (χ1) is 6.37. The molecule has 3 nitrogen and oxygen atoms in total. The average molecular weight is 193 g/mol. The van der Waals surface area contributed by atoms with E-state index in [0.717, 1.165) is 18.4 Å². The molecule has 14 heavy (non-hydrogen) atoms. The summed E-state index contributed by atoms with van der Waals surface area (Å²) in [5.74, 6) is -0.872. The highest BCUT2D eigenvalue weighted by Crippen LogP contribution is 2.45. The third-order valence-electron chi connectivity index (χ3n) is 2.77. The third kappa shape index (κ3) is 1.95. The Bertz CT molecular complexity index is 334. The lowest BCUT2D eigenvalue weighted by molar-refractivity contribution is -0.132. The summed E-state index contributed by atoms with van der Waals surface area (Å²) in [6.45, 7) is 6.20. The largest absolute Gasteiger partial charge is 0.477 e. The van der Waals surface area contributed by atoms with Crippen molar-refractivity contribution in [3.63, 3.8) is 0 Å². The maximum atomic E-state index is 10.8. The molecule has 0 radical (unpaired) electrons. The summed E-state index contributed by atoms with van der Waals surface area (Å²) in [4.78, 5) is 10.8. The SMILES string of the molecule is CC1CC(C)(C)C/C1=C(/C#N)C(=O)O. The van der Waals surface area contributed by atoms with Crippen LogP contribution in [0.2, 0.25) is 0 Å². The van der Waals surface area contributed by atoms with E-state index in [-0.39, 0.29) is 16.9 Å². The third-order valence-corrected chi connectivity index (χ3v) is 2.77. The fourth-order valence-corrected chi connectivity index (χ4v) is 2.31. The Morgan fingerprint density at radius 3 is 2.50 bits per heavy atom. The highest BCUT2D eigenvalue weighted by Gasteiger charge is 2.35. The first-order valence-corrected chi connectivity index (χ1v) is 4.74. The molecule has 76 valence electrons. The minimum Gasteiger partial charge on any atom is -0.477 e. The zero-order valence-corrected chi connectivity index (χ0v) is 8.79. The van der Waals surface area contributed by atoms with E-state index in [4.69, 9.17) is 10.4 Å². The van der Waals surface area contributed by atoms with Crippen molar-refractivity contribution in [3.05, 3.63) is 11.1 Å². The summed E-state index contributed by atoms with van der Waals surface area (Å²) in [5, 5.41) is 17.6. The highest BCUT2D eigenvalue weighted by molar-refractivity contribution is 5.92. The summed E-state index contributed by atoms with van der Waals surface area (Å²) in [6, 6.07) is 1.79. The molecule has 3 heteroatoms. The number of allylic oxidation sites excluding steroid dienone is 1. The van der Waals surface area contributed by atoms with Crippen molar-refractivity contribution in [2.75, 3.05) is 0 Å². The van der Waals surface area contributed by atoms with Gasteiger partial charge in [0.05, 0.1) is 0 Å². The molecule has 1 fully saturated rings. The molecule has 1 unspecified atom stereocenters. The lowest BCUT2D eigenvalue weighted by atomic mass is 9.91. The van der Waals surface area contributed by atoms with Crippen LogP contribution in [0.25, 0.3) is 0 Å². The average Bonchev–Trinajstić information content (AvgIpc) is 2.26. The van der Waals surface area contributed by atoms with Crippen LogP contribution in [-0.4, -0.2) is 11.1 Å². The zero-order chi connectivity index (χ0) is 10.9. The predicted molar refractivity (Wildman–Crippen MR) is 52.5 cm³/mol. The van der Waals surface area contributed by atoms with Crippen molar-refractivity contribution in [2.45, 2.75) is 33.6 Å². The van der Waals surface area contributed by atoms with Gasteiger partial charge in [0, 0.05) is 0 Å². The van der Waals surface area contributed by atoms with Gasteiger partial charge in [-0.15, -0.1) is 0 Å². The first-order valence-electron chi connectivity index (χ1n) is 4.74. The van der Waals surface area contributed by atoms with Crippen LogP contribution >= 0.6 is 0 Å². The van der Waals surface area contributed by atoms with E-state index in [2.05, 4.69) is 13.8 Å². The van der Waals surface area contributed by atoms with Crippen LogP contribution in [0.1, 0.15) is 33.6 Å². The van der Waals surface area contributed by atoms with Crippen molar-refractivity contribution in [1.29, 1.82) is 5.26 Å². The van der Waals surface area contributed by atoms with Gasteiger partial charge in [-0.05, 0) is 29.7 Å². The standard InChI is InChI=1S/C11H15NO2/c1-7-4-11(2,3)5-8(7)9(6-12)10(13)14/h7H,4-5H2,1-3H3,(H,13,14)/b9-8+. The predicted octanol–water partition coefficient (Wildman–Crippen LogP) is 2.35. The molecule has 0 bridgehead atoms. The smallest absolute Gasteiger partial charge is 0.346 e. The molecule has 1 saturated carbocycles. The fraction of sp³-hybridized carbons (Fsp3) is 0.636. The van der Waals surface area contributed by atoms with Gasteiger partial charge in [0.1, 0.15) is 11.6 Å². The van der Waals surface area contributed by atoms with E-state index in [9.17, 15) is 4.79 Å². The van der Waals surface area contributed by atoms with E-state index < -0.39 is 5.97 Å². The van der Waals surface area contributed by atoms with Crippen molar-refractivity contribution in [2.24, 2.45) is 11.3 Å². The topological polar surface area (TPSA) is 61.1 Å². The van der Waals surface area contributed by atoms with Gasteiger partial charge in [-0.2, -0.15) is 5.26 Å². The second-order valence-corrected chi connectivity index (χ2v) is 4.76. The first kappa shape index (κ1) is 10.8. The molecule has 1 rings (SSSR count). The van der Waals surface area contributed by atoms with Gasteiger partial charge in [-0.3, -0.25) is 0 Å². The van der Waals surface area contributed by atoms with Crippen molar-refractivity contribution in [1.82, 2.24) is 0 Å². The molecule has 1 atom stereocenters. The molecule has 0 heterocycles. The number of aliphatic carboxylic acids is 1. The molecule has 1 aliphatic carbocycles. The van der Waals surface area contributed by atoms with Gasteiger partial charge in [0.25, 0.3) is 0 Å². The minimum absolute atomic E-state index is 0.0527. The van der Waals surface area contributed by atoms with Gasteiger partial charge in [0.2, 0.25) is 0 Å². The Labute approximate surface area is 84.0 Å². The van der Waals surface area contributed by atoms with Crippen LogP contribution in [0.3, 0.4) is 0 Å². The van der Waals surface area contributed by atoms with Crippen LogP contribution in [0.5, 0.6) is 0 Å². The maximum Gasteiger partial charge on any atom is 0.346 e. The second kappa shape index (κ2) is 3.45. The van der Waals surface area contributed by atoms with Crippen LogP contribution in [-0.2, 0) is 4.79 Å². The Kier molecular flexibility index (Phi) is 2.66. The lowest BCUT2D eigenvalue weighted by Crippen LogP contribution is -2.05. The summed E-state index contributed by atoms with van der Waals surface area (Å²) in [5.41, 5.74) is 0.889. The number of nitrogens with zero attached hydrogens (tertiary/aromatic N) is 1. The van der Waals surface area contributed by atoms with E-state index in [1.807, 2.05) is 6.92 Å². The number of hydrogen-bond donors (Lipinski definition) is 1. The zero-order valence-electron chi connectivity index (χ0n) is 8.79. The summed E-state index contributed by atoms with van der Waals surface area (Å²) < 4.78 is 0. The van der Waals surface area contributed by atoms with E-state index >= 15 is 0 Å². The van der Waals surface area contributed by atoms with Crippen LogP contribution in [0.4, 0.5) is 0 Å². The van der Waals surface area contributed by atoms with Crippen molar-refractivity contribution in [3.8, 4) is 6.07 Å². The summed E-state index contributed by atoms with van der Waals surface area (Å²) >= 11 is 0. The normalized spacial score (nSPS) is 28.3. The van der Waals surface area contributed by atoms with Crippen molar-refractivity contribution < 1.29 is 9.90 Å². The Hall–Kier alpha value is -1.30. The molecule has 0 aromatic carbocycles. The van der Waals surface area contributed by atoms with Crippen LogP contribution in [0, 0.1) is 22.7 Å². The molecule has 0 aliphatic heterocycles. The molecule has 0 aromatic rings. The fourth-order valence-electron chi connectivity index (χ4n) is 2.31. The number of nitriles is 1. The quantitative estimate of drug-likeness (QED) is 0.513. The molecular formula is C11H15NO2. The monoisotopic (exact) mass is 193 g/mol. The van der Waals surface area contributed by atoms with Crippen LogP contribution < -0.4 is 0 Å². The van der Waals surface area contributed by atoms with Gasteiger partial charge < -0.3 is 5.11 Å². The number of carbonyl (C=O) groups is 1. The van der Waals surface area contributed by atoms with E-state index in [1.165, 1.54) is 0 Å². The van der Waals surface area contributed by atoms with Crippen LogP contribution in [0.15, 0.2) is 11.1 Å². The molecule has 1 aliphatic rings. The molecule has 0 aromatic heterocycles. The minimum atomic E-state index is -1.09. The van der Waals surface area contributed by atoms with Gasteiger partial charge in [0.15, 0.2) is 0 Å². The molecule has 1 N–H and O–H groups in total. The Morgan fingerprint density at radius 1 is 1.64 bits per heavy atom. The molecular weight excluding hydrogens is 178 g/mol. The van der Waals surface area contributed by atoms with Gasteiger partial charge >= 0.3 is 5.97 Å². The number of carboxylic acids is 1. The van der Waals surface area contributed by atoms with Crippen molar-refractivity contribution >= 4 is 5.97 Å². The van der Waals surface area contributed by atoms with E-state index in [0.29, 0.717) is 0 Å². The van der Waals surface area contributed by atoms with E-state index in [1.54, 1.807) is 6.07 Å². The van der Waals surface area contributed by atoms with Gasteiger partial charge in [-0.25, -0.2) is 4.79 Å². The van der Waals surface area contributed by atoms with Gasteiger partial charge in [-0.1, -0.05) is 20.8 Å². The molecule has 0 spiro atoms. The number of hydrogen-bond acceptors (Lipinski definition) is 2. The number of carboxylic acid groups (broad SMARTS) is 1. The maximum absolute atomic E-state index is 10.8. The molecule has 0 amide bonds. The highest BCUT2D eigenvalue weighted by atomic mass is 16.4. The lowest BCUT2D eigenvalue weighted by Gasteiger charge is -2.14. The Morgan fingerprint density at radius 2 is 2.21 bits per heavy atom. The number of rotatable bonds is 1. The Balaban J connectivity index is 3.10. The second-order valence-electron chi connectivity index (χ2n) is 4.76. The summed E-state index contributed by atoms with van der Waals surface area (Å²) in [6.07, 6.45) is 1.68. The molecule has 0 saturated heterocycles. The summed E-state index contributed by atoms with van der Waals surface area (Å²) in [7, 11) is 0.